The number of aryl methyl sites for hydroxylation is 1. The normalized spacial score (nSPS) is 16.5. The Labute approximate surface area is 136 Å². The molecule has 0 atom stereocenters. The van der Waals surface area contributed by atoms with Crippen LogP contribution in [0.15, 0.2) is 22.9 Å². The SMILES string of the molecule is COc1cncc(-c2oc(C(C)(C)N3CCNCC3)nc2C)c1. The predicted molar refractivity (Wildman–Crippen MR) is 88.5 cm³/mol. The van der Waals surface area contributed by atoms with E-state index >= 15 is 0 Å². The van der Waals surface area contributed by atoms with Gasteiger partial charge in [-0.3, -0.25) is 9.88 Å². The van der Waals surface area contributed by atoms with Crippen LogP contribution in [0.4, 0.5) is 0 Å². The third-order valence-electron chi connectivity index (χ3n) is 4.44. The number of ether oxygens (including phenoxy) is 1. The van der Waals surface area contributed by atoms with Crippen molar-refractivity contribution >= 4 is 0 Å². The molecule has 0 aliphatic carbocycles. The summed E-state index contributed by atoms with van der Waals surface area (Å²) in [5.74, 6) is 2.21. The Balaban J connectivity index is 1.93. The zero-order valence-electron chi connectivity index (χ0n) is 14.2. The lowest BCUT2D eigenvalue weighted by atomic mass is 10.0. The van der Waals surface area contributed by atoms with Gasteiger partial charge in [-0.25, -0.2) is 4.98 Å². The van der Waals surface area contributed by atoms with E-state index in [1.54, 1.807) is 19.5 Å². The third kappa shape index (κ3) is 3.09. The fourth-order valence-electron chi connectivity index (χ4n) is 2.94. The van der Waals surface area contributed by atoms with Gasteiger partial charge in [0.25, 0.3) is 0 Å². The quantitative estimate of drug-likeness (QED) is 0.933. The van der Waals surface area contributed by atoms with Crippen LogP contribution in [0.1, 0.15) is 25.4 Å². The van der Waals surface area contributed by atoms with Gasteiger partial charge in [0.15, 0.2) is 5.76 Å². The van der Waals surface area contributed by atoms with Gasteiger partial charge in [0.05, 0.1) is 24.5 Å². The van der Waals surface area contributed by atoms with Crippen LogP contribution in [0.5, 0.6) is 5.75 Å². The molecule has 0 aromatic carbocycles. The molecule has 2 aromatic heterocycles. The van der Waals surface area contributed by atoms with E-state index in [0.29, 0.717) is 5.75 Å². The Morgan fingerprint density at radius 3 is 2.70 bits per heavy atom. The van der Waals surface area contributed by atoms with Gasteiger partial charge < -0.3 is 14.5 Å². The molecular weight excluding hydrogens is 292 g/mol. The van der Waals surface area contributed by atoms with Crippen molar-refractivity contribution in [3.8, 4) is 17.1 Å². The summed E-state index contributed by atoms with van der Waals surface area (Å²) in [5, 5.41) is 3.38. The lowest BCUT2D eigenvalue weighted by Gasteiger charge is -2.38. The van der Waals surface area contributed by atoms with Crippen LogP contribution in [-0.4, -0.2) is 48.2 Å². The number of methoxy groups -OCH3 is 1. The van der Waals surface area contributed by atoms with Crippen LogP contribution in [0.2, 0.25) is 0 Å². The first-order valence-electron chi connectivity index (χ1n) is 7.95. The van der Waals surface area contributed by atoms with Gasteiger partial charge in [0.2, 0.25) is 5.89 Å². The Hall–Kier alpha value is -1.92. The highest BCUT2D eigenvalue weighted by Gasteiger charge is 2.35. The van der Waals surface area contributed by atoms with E-state index in [0.717, 1.165) is 49.1 Å². The molecule has 0 bridgehead atoms. The maximum Gasteiger partial charge on any atom is 0.215 e. The van der Waals surface area contributed by atoms with Crippen LogP contribution in [-0.2, 0) is 5.54 Å². The summed E-state index contributed by atoms with van der Waals surface area (Å²) in [6, 6.07) is 1.92. The summed E-state index contributed by atoms with van der Waals surface area (Å²) >= 11 is 0. The largest absolute Gasteiger partial charge is 0.495 e. The first-order valence-corrected chi connectivity index (χ1v) is 7.95. The Morgan fingerprint density at radius 2 is 2.00 bits per heavy atom. The second-order valence-electron chi connectivity index (χ2n) is 6.34. The number of hydrogen-bond acceptors (Lipinski definition) is 6. The summed E-state index contributed by atoms with van der Waals surface area (Å²) in [5.41, 5.74) is 1.52. The molecule has 0 spiro atoms. The highest BCUT2D eigenvalue weighted by molar-refractivity contribution is 5.60. The molecule has 1 N–H and O–H groups in total. The van der Waals surface area contributed by atoms with Gasteiger partial charge in [-0.15, -0.1) is 0 Å². The van der Waals surface area contributed by atoms with Crippen LogP contribution in [0, 0.1) is 6.92 Å². The molecule has 3 heterocycles. The van der Waals surface area contributed by atoms with Crippen molar-refractivity contribution in [1.82, 2.24) is 20.2 Å². The van der Waals surface area contributed by atoms with Gasteiger partial charge in [-0.2, -0.15) is 0 Å². The molecule has 1 fully saturated rings. The van der Waals surface area contributed by atoms with Crippen molar-refractivity contribution in [3.63, 3.8) is 0 Å². The second-order valence-corrected chi connectivity index (χ2v) is 6.34. The van der Waals surface area contributed by atoms with Crippen molar-refractivity contribution in [2.45, 2.75) is 26.3 Å². The third-order valence-corrected chi connectivity index (χ3v) is 4.44. The molecule has 2 aromatic rings. The van der Waals surface area contributed by atoms with Gasteiger partial charge in [0, 0.05) is 37.9 Å². The van der Waals surface area contributed by atoms with E-state index in [-0.39, 0.29) is 5.54 Å². The number of piperazine rings is 1. The summed E-state index contributed by atoms with van der Waals surface area (Å²) in [7, 11) is 1.63. The van der Waals surface area contributed by atoms with Gasteiger partial charge in [-0.05, 0) is 26.8 Å². The molecular formula is C17H24N4O2. The lowest BCUT2D eigenvalue weighted by Crippen LogP contribution is -2.51. The molecule has 1 aliphatic heterocycles. The average molecular weight is 316 g/mol. The van der Waals surface area contributed by atoms with Crippen LogP contribution < -0.4 is 10.1 Å². The highest BCUT2D eigenvalue weighted by Crippen LogP contribution is 2.33. The molecule has 124 valence electrons. The Kier molecular flexibility index (Phi) is 4.37. The fraction of sp³-hybridized carbons (Fsp3) is 0.529. The minimum atomic E-state index is -0.239. The second kappa shape index (κ2) is 6.29. The van der Waals surface area contributed by atoms with Crippen molar-refractivity contribution in [3.05, 3.63) is 30.0 Å². The number of hydrogen-bond donors (Lipinski definition) is 1. The number of rotatable bonds is 4. The average Bonchev–Trinajstić information content (AvgIpc) is 2.98. The van der Waals surface area contributed by atoms with Crippen LogP contribution in [0.3, 0.4) is 0 Å². The topological polar surface area (TPSA) is 63.4 Å². The van der Waals surface area contributed by atoms with Gasteiger partial charge >= 0.3 is 0 Å². The first-order chi connectivity index (χ1) is 11.0. The summed E-state index contributed by atoms with van der Waals surface area (Å²) < 4.78 is 11.4. The maximum absolute atomic E-state index is 6.15. The van der Waals surface area contributed by atoms with Crippen molar-refractivity contribution in [1.29, 1.82) is 0 Å². The number of oxazole rings is 1. The lowest BCUT2D eigenvalue weighted by molar-refractivity contribution is 0.0783. The molecule has 1 saturated heterocycles. The van der Waals surface area contributed by atoms with Gasteiger partial charge in [0.1, 0.15) is 5.75 Å². The first kappa shape index (κ1) is 16.0. The molecule has 6 heteroatoms. The van der Waals surface area contributed by atoms with E-state index in [9.17, 15) is 0 Å². The molecule has 0 radical (unpaired) electrons. The van der Waals surface area contributed by atoms with Crippen LogP contribution in [0.25, 0.3) is 11.3 Å². The summed E-state index contributed by atoms with van der Waals surface area (Å²) in [6.45, 7) is 10.3. The molecule has 0 unspecified atom stereocenters. The van der Waals surface area contributed by atoms with Gasteiger partial charge in [-0.1, -0.05) is 0 Å². The zero-order chi connectivity index (χ0) is 16.4. The van der Waals surface area contributed by atoms with Crippen molar-refractivity contribution in [2.24, 2.45) is 0 Å². The minimum absolute atomic E-state index is 0.239. The molecule has 3 rings (SSSR count). The Bertz CT molecular complexity index is 675. The zero-order valence-corrected chi connectivity index (χ0v) is 14.2. The molecule has 23 heavy (non-hydrogen) atoms. The molecule has 0 amide bonds. The summed E-state index contributed by atoms with van der Waals surface area (Å²) in [6.07, 6.45) is 3.46. The Morgan fingerprint density at radius 1 is 1.26 bits per heavy atom. The summed E-state index contributed by atoms with van der Waals surface area (Å²) in [4.78, 5) is 11.3. The number of nitrogens with zero attached hydrogens (tertiary/aromatic N) is 3. The van der Waals surface area contributed by atoms with Crippen molar-refractivity contribution < 1.29 is 9.15 Å². The number of pyridine rings is 1. The van der Waals surface area contributed by atoms with E-state index in [1.165, 1.54) is 0 Å². The standard InChI is InChI=1S/C17H24N4O2/c1-12-15(13-9-14(22-4)11-19-10-13)23-16(20-12)17(2,3)21-7-5-18-6-8-21/h9-11,18H,5-8H2,1-4H3. The predicted octanol–water partition coefficient (Wildman–Crippen LogP) is 2.19. The molecule has 1 aliphatic rings. The number of nitrogens with one attached hydrogen (secondary N) is 1. The van der Waals surface area contributed by atoms with E-state index < -0.39 is 0 Å². The number of aromatic nitrogens is 2. The van der Waals surface area contributed by atoms with Crippen LogP contribution >= 0.6 is 0 Å². The van der Waals surface area contributed by atoms with E-state index in [2.05, 4.69) is 29.0 Å². The fourth-order valence-corrected chi connectivity index (χ4v) is 2.94. The van der Waals surface area contributed by atoms with E-state index in [4.69, 9.17) is 14.1 Å². The maximum atomic E-state index is 6.15. The van der Waals surface area contributed by atoms with E-state index in [1.807, 2.05) is 13.0 Å². The monoisotopic (exact) mass is 316 g/mol. The molecule has 6 nitrogen and oxygen atoms in total. The minimum Gasteiger partial charge on any atom is -0.495 e. The van der Waals surface area contributed by atoms with Crippen molar-refractivity contribution in [2.75, 3.05) is 33.3 Å². The smallest absolute Gasteiger partial charge is 0.215 e. The highest BCUT2D eigenvalue weighted by atomic mass is 16.5. The molecule has 0 saturated carbocycles.